The fourth-order valence-electron chi connectivity index (χ4n) is 5.89. The summed E-state index contributed by atoms with van der Waals surface area (Å²) in [6.07, 6.45) is 5.85. The number of aromatic hydroxyl groups is 1. The fraction of sp³-hybridized carbons (Fsp3) is 0.333. The van der Waals surface area contributed by atoms with Crippen molar-refractivity contribution < 1.29 is 19.5 Å². The van der Waals surface area contributed by atoms with Crippen LogP contribution in [0.15, 0.2) is 60.3 Å². The number of halogens is 2. The number of benzene rings is 1. The number of nitrogens with one attached hydrogen (secondary N) is 1. The number of hydrazine groups is 1. The standard InChI is InChI=1S/C30H29Cl2N9O4S/c31-21-7-4-17(10-22(21)32)12-36-30(45)39(9-8-33)40-16-26(43)41-23(11-19-5-6-20(42)13-35-19)28(44)38(15-25(40)41)14-18-2-1-3-24-27(18)37-29(34)46-24/h1-7,10,13,21-23,25,42H,9,11-12,14-16H2,(H2,34,37)(H,36,45)/t21?,22?,23-,25?/m0/s1. The number of para-hydroxylation sites is 1. The van der Waals surface area contributed by atoms with Crippen LogP contribution in [-0.2, 0) is 22.6 Å². The van der Waals surface area contributed by atoms with E-state index in [9.17, 15) is 24.8 Å². The molecule has 3 aromatic rings. The number of hydrogen-bond acceptors (Lipinski definition) is 10. The molecule has 3 aliphatic rings. The van der Waals surface area contributed by atoms with E-state index in [4.69, 9.17) is 28.9 Å². The van der Waals surface area contributed by atoms with Crippen LogP contribution < -0.4 is 11.1 Å². The number of allylic oxidation sites excluding steroid dienone is 2. The van der Waals surface area contributed by atoms with Crippen molar-refractivity contribution in [3.8, 4) is 11.8 Å². The van der Waals surface area contributed by atoms with Gasteiger partial charge in [-0.05, 0) is 29.3 Å². The van der Waals surface area contributed by atoms with E-state index in [1.165, 1.54) is 38.5 Å². The Morgan fingerprint density at radius 2 is 2.07 bits per heavy atom. The molecule has 238 valence electrons. The molecule has 4 heterocycles. The zero-order valence-electron chi connectivity index (χ0n) is 24.3. The number of anilines is 1. The zero-order chi connectivity index (χ0) is 32.5. The Labute approximate surface area is 278 Å². The Kier molecular flexibility index (Phi) is 9.01. The minimum atomic E-state index is -0.957. The number of alkyl halides is 2. The molecule has 16 heteroatoms. The van der Waals surface area contributed by atoms with Crippen molar-refractivity contribution in [1.82, 2.24) is 35.1 Å². The number of carbonyl (C=O) groups excluding carboxylic acids is 3. The van der Waals surface area contributed by atoms with Gasteiger partial charge in [-0.1, -0.05) is 41.7 Å². The van der Waals surface area contributed by atoms with E-state index in [-0.39, 0.29) is 62.1 Å². The molecule has 46 heavy (non-hydrogen) atoms. The summed E-state index contributed by atoms with van der Waals surface area (Å²) in [6.45, 7) is -0.193. The first-order valence-corrected chi connectivity index (χ1v) is 16.1. The molecular weight excluding hydrogens is 653 g/mol. The van der Waals surface area contributed by atoms with Gasteiger partial charge in [0.25, 0.3) is 0 Å². The largest absolute Gasteiger partial charge is 0.506 e. The molecule has 1 aliphatic carbocycles. The van der Waals surface area contributed by atoms with E-state index in [0.717, 1.165) is 15.8 Å². The van der Waals surface area contributed by atoms with Crippen LogP contribution in [0.4, 0.5) is 9.93 Å². The van der Waals surface area contributed by atoms with Gasteiger partial charge in [-0.3, -0.25) is 14.6 Å². The third-order valence-corrected chi connectivity index (χ3v) is 9.83. The van der Waals surface area contributed by atoms with Crippen LogP contribution >= 0.6 is 34.5 Å². The number of thiazole rings is 1. The number of rotatable bonds is 8. The van der Waals surface area contributed by atoms with Gasteiger partial charge in [0.2, 0.25) is 11.8 Å². The van der Waals surface area contributed by atoms with Crippen LogP contribution in [0.1, 0.15) is 11.3 Å². The van der Waals surface area contributed by atoms with E-state index >= 15 is 0 Å². The molecule has 3 unspecified atom stereocenters. The lowest BCUT2D eigenvalue weighted by Crippen LogP contribution is -2.66. The zero-order valence-corrected chi connectivity index (χ0v) is 26.6. The van der Waals surface area contributed by atoms with Crippen LogP contribution in [0, 0.1) is 11.3 Å². The highest BCUT2D eigenvalue weighted by Gasteiger charge is 2.52. The van der Waals surface area contributed by atoms with E-state index < -0.39 is 23.6 Å². The molecule has 0 spiro atoms. The van der Waals surface area contributed by atoms with Crippen molar-refractivity contribution in [3.05, 3.63) is 71.6 Å². The molecule has 4 amide bonds. The van der Waals surface area contributed by atoms with Crippen LogP contribution in [0.25, 0.3) is 10.2 Å². The van der Waals surface area contributed by atoms with E-state index in [1.54, 1.807) is 29.2 Å². The maximum atomic E-state index is 14.1. The summed E-state index contributed by atoms with van der Waals surface area (Å²) >= 11 is 13.7. The molecule has 0 saturated carbocycles. The lowest BCUT2D eigenvalue weighted by atomic mass is 10.0. The van der Waals surface area contributed by atoms with Gasteiger partial charge in [-0.2, -0.15) is 10.3 Å². The Morgan fingerprint density at radius 1 is 1.24 bits per heavy atom. The molecule has 0 radical (unpaired) electrons. The number of nitrogens with zero attached hydrogens (tertiary/aromatic N) is 7. The summed E-state index contributed by atoms with van der Waals surface area (Å²) in [5, 5.41) is 24.6. The topological polar surface area (TPSA) is 172 Å². The van der Waals surface area contributed by atoms with Crippen molar-refractivity contribution in [2.75, 3.05) is 31.9 Å². The number of piperazine rings is 1. The minimum absolute atomic E-state index is 0.0287. The Morgan fingerprint density at radius 3 is 2.80 bits per heavy atom. The number of urea groups is 1. The predicted molar refractivity (Wildman–Crippen MR) is 172 cm³/mol. The van der Waals surface area contributed by atoms with Gasteiger partial charge in [0.1, 0.15) is 24.5 Å². The van der Waals surface area contributed by atoms with Crippen LogP contribution in [0.2, 0.25) is 0 Å². The first kappa shape index (κ1) is 31.6. The second-order valence-corrected chi connectivity index (χ2v) is 13.1. The highest BCUT2D eigenvalue weighted by Crippen LogP contribution is 2.32. The van der Waals surface area contributed by atoms with Crippen molar-refractivity contribution >= 4 is 67.7 Å². The Bertz CT molecular complexity index is 1780. The maximum absolute atomic E-state index is 14.1. The number of aromatic nitrogens is 2. The third kappa shape index (κ3) is 6.32. The maximum Gasteiger partial charge on any atom is 0.333 e. The SMILES string of the molecule is N#CCN(C(=O)NCC1=CC(Cl)C(Cl)C=C1)N1CC(=O)N2C1CN(Cc1cccc3sc(N)nc13)C(=O)[C@@H]2Cc1ccc(O)cn1. The molecule has 4 atom stereocenters. The highest BCUT2D eigenvalue weighted by molar-refractivity contribution is 7.22. The molecule has 2 aliphatic heterocycles. The van der Waals surface area contributed by atoms with E-state index in [1.807, 2.05) is 24.3 Å². The molecular formula is C30H29Cl2N9O4S. The Hall–Kier alpha value is -4.42. The monoisotopic (exact) mass is 681 g/mol. The number of nitriles is 1. The Balaban J connectivity index is 1.30. The molecule has 13 nitrogen and oxygen atoms in total. The van der Waals surface area contributed by atoms with Gasteiger partial charge < -0.3 is 26.0 Å². The van der Waals surface area contributed by atoms with Gasteiger partial charge in [0.15, 0.2) is 5.13 Å². The molecule has 1 aromatic carbocycles. The first-order chi connectivity index (χ1) is 22.1. The first-order valence-electron chi connectivity index (χ1n) is 14.4. The second kappa shape index (κ2) is 13.1. The number of amides is 4. The summed E-state index contributed by atoms with van der Waals surface area (Å²) in [4.78, 5) is 53.1. The van der Waals surface area contributed by atoms with Crippen molar-refractivity contribution in [3.63, 3.8) is 0 Å². The summed E-state index contributed by atoms with van der Waals surface area (Å²) in [7, 11) is 0. The number of fused-ring (bicyclic) bond motifs is 2. The highest BCUT2D eigenvalue weighted by atomic mass is 35.5. The van der Waals surface area contributed by atoms with Crippen LogP contribution in [0.3, 0.4) is 0 Å². The van der Waals surface area contributed by atoms with Gasteiger partial charge in [-0.15, -0.1) is 23.2 Å². The van der Waals surface area contributed by atoms with Crippen molar-refractivity contribution in [2.24, 2.45) is 0 Å². The summed E-state index contributed by atoms with van der Waals surface area (Å²) in [5.41, 5.74) is 8.69. The van der Waals surface area contributed by atoms with Crippen LogP contribution in [-0.4, -0.2) is 102 Å². The molecule has 6 rings (SSSR count). The van der Waals surface area contributed by atoms with E-state index in [2.05, 4.69) is 15.3 Å². The number of carbonyl (C=O) groups is 3. The number of nitrogen functional groups attached to an aromatic ring is 1. The lowest BCUT2D eigenvalue weighted by molar-refractivity contribution is -0.157. The second-order valence-electron chi connectivity index (χ2n) is 11.0. The number of hydrogen-bond donors (Lipinski definition) is 3. The van der Waals surface area contributed by atoms with Crippen molar-refractivity contribution in [1.29, 1.82) is 5.26 Å². The number of pyridine rings is 1. The number of nitrogens with two attached hydrogens (primary N) is 1. The average molecular weight is 683 g/mol. The van der Waals surface area contributed by atoms with Crippen LogP contribution in [0.5, 0.6) is 5.75 Å². The normalized spacial score (nSPS) is 22.9. The molecule has 2 fully saturated rings. The average Bonchev–Trinajstić information content (AvgIpc) is 3.58. The minimum Gasteiger partial charge on any atom is -0.506 e. The van der Waals surface area contributed by atoms with Gasteiger partial charge in [0.05, 0.1) is 46.3 Å². The fourth-order valence-corrected chi connectivity index (χ4v) is 7.06. The molecule has 2 aromatic heterocycles. The lowest BCUT2D eigenvalue weighted by Gasteiger charge is -2.46. The molecule has 4 N–H and O–H groups in total. The van der Waals surface area contributed by atoms with Gasteiger partial charge >= 0.3 is 6.03 Å². The summed E-state index contributed by atoms with van der Waals surface area (Å²) in [5.74, 6) is -0.705. The van der Waals surface area contributed by atoms with Crippen molar-refractivity contribution in [2.45, 2.75) is 35.9 Å². The molecule has 2 saturated heterocycles. The quantitative estimate of drug-likeness (QED) is 0.239. The molecule has 0 bridgehead atoms. The van der Waals surface area contributed by atoms with Gasteiger partial charge in [0, 0.05) is 25.2 Å². The third-order valence-electron chi connectivity index (χ3n) is 8.04. The summed E-state index contributed by atoms with van der Waals surface area (Å²) in [6, 6.07) is 9.18. The summed E-state index contributed by atoms with van der Waals surface area (Å²) < 4.78 is 0.880. The van der Waals surface area contributed by atoms with Gasteiger partial charge in [-0.25, -0.2) is 14.8 Å². The smallest absolute Gasteiger partial charge is 0.333 e. The van der Waals surface area contributed by atoms with E-state index in [0.29, 0.717) is 16.3 Å². The predicted octanol–water partition coefficient (Wildman–Crippen LogP) is 2.56.